The van der Waals surface area contributed by atoms with Crippen molar-refractivity contribution in [1.29, 1.82) is 0 Å². The third-order valence-corrected chi connectivity index (χ3v) is 2.86. The van der Waals surface area contributed by atoms with E-state index in [0.717, 1.165) is 30.2 Å². The monoisotopic (exact) mass is 283 g/mol. The van der Waals surface area contributed by atoms with Crippen molar-refractivity contribution < 1.29 is 4.74 Å². The number of hydrogen-bond donors (Lipinski definition) is 1. The molecule has 0 amide bonds. The van der Waals surface area contributed by atoms with E-state index in [4.69, 9.17) is 4.74 Å². The Balaban J connectivity index is 1.96. The second-order valence-corrected chi connectivity index (χ2v) is 4.52. The van der Waals surface area contributed by atoms with E-state index in [9.17, 15) is 0 Å². The highest BCUT2D eigenvalue weighted by Crippen LogP contribution is 2.14. The Morgan fingerprint density at radius 2 is 1.95 bits per heavy atom. The average Bonchev–Trinajstić information content (AvgIpc) is 2.53. The van der Waals surface area contributed by atoms with E-state index in [1.54, 1.807) is 0 Å². The topological polar surface area (TPSA) is 47.0 Å². The van der Waals surface area contributed by atoms with Crippen molar-refractivity contribution in [2.45, 2.75) is 20.3 Å². The minimum absolute atomic E-state index is 0.487. The summed E-state index contributed by atoms with van der Waals surface area (Å²) in [7, 11) is 0. The number of hydrogen-bond acceptors (Lipinski definition) is 4. The molecule has 2 aromatic rings. The molecular weight excluding hydrogens is 262 g/mol. The summed E-state index contributed by atoms with van der Waals surface area (Å²) < 4.78 is 5.68. The van der Waals surface area contributed by atoms with Gasteiger partial charge in [0, 0.05) is 19.0 Å². The Kier molecular flexibility index (Phi) is 5.76. The zero-order chi connectivity index (χ0) is 14.9. The zero-order valence-electron chi connectivity index (χ0n) is 12.5. The number of aryl methyl sites for hydroxylation is 1. The second kappa shape index (κ2) is 8.04. The van der Waals surface area contributed by atoms with Gasteiger partial charge in [0.2, 0.25) is 5.88 Å². The number of anilines is 1. The van der Waals surface area contributed by atoms with Crippen LogP contribution in [0.5, 0.6) is 5.88 Å². The first-order chi connectivity index (χ1) is 10.3. The molecule has 1 N–H and O–H groups in total. The lowest BCUT2D eigenvalue weighted by atomic mass is 10.2. The van der Waals surface area contributed by atoms with Gasteiger partial charge in [-0.15, -0.1) is 0 Å². The largest absolute Gasteiger partial charge is 0.473 e. The molecule has 0 unspecified atom stereocenters. The molecule has 0 saturated carbocycles. The van der Waals surface area contributed by atoms with Crippen LogP contribution in [0.1, 0.15) is 25.2 Å². The van der Waals surface area contributed by atoms with E-state index in [-0.39, 0.29) is 0 Å². The molecule has 2 rings (SSSR count). The van der Waals surface area contributed by atoms with E-state index in [2.05, 4.69) is 27.4 Å². The van der Waals surface area contributed by atoms with Gasteiger partial charge in [0.15, 0.2) is 0 Å². The number of ether oxygens (including phenoxy) is 1. The van der Waals surface area contributed by atoms with Gasteiger partial charge in [-0.25, -0.2) is 4.98 Å². The molecule has 1 heterocycles. The Morgan fingerprint density at radius 1 is 1.14 bits per heavy atom. The molecule has 0 aliphatic rings. The molecule has 4 nitrogen and oxygen atoms in total. The Morgan fingerprint density at radius 3 is 2.67 bits per heavy atom. The lowest BCUT2D eigenvalue weighted by Crippen LogP contribution is -2.05. The van der Waals surface area contributed by atoms with Crippen LogP contribution in [0.3, 0.4) is 0 Å². The van der Waals surface area contributed by atoms with Crippen LogP contribution in [0.4, 0.5) is 5.82 Å². The maximum atomic E-state index is 5.68. The van der Waals surface area contributed by atoms with Crippen LogP contribution in [0.25, 0.3) is 6.08 Å². The quantitative estimate of drug-likeness (QED) is 0.844. The van der Waals surface area contributed by atoms with E-state index in [0.29, 0.717) is 12.5 Å². The third-order valence-electron chi connectivity index (χ3n) is 2.86. The number of benzene rings is 1. The zero-order valence-corrected chi connectivity index (χ0v) is 12.5. The van der Waals surface area contributed by atoms with Gasteiger partial charge >= 0.3 is 0 Å². The molecule has 1 aromatic heterocycles. The summed E-state index contributed by atoms with van der Waals surface area (Å²) in [5.74, 6) is 2.21. The summed E-state index contributed by atoms with van der Waals surface area (Å²) >= 11 is 0. The van der Waals surface area contributed by atoms with Gasteiger partial charge in [-0.05, 0) is 18.6 Å². The van der Waals surface area contributed by atoms with Crippen molar-refractivity contribution in [3.63, 3.8) is 0 Å². The number of nitrogens with zero attached hydrogens (tertiary/aromatic N) is 2. The molecular formula is C17H21N3O. The van der Waals surface area contributed by atoms with Gasteiger partial charge in [-0.2, -0.15) is 4.98 Å². The molecule has 0 radical (unpaired) electrons. The minimum atomic E-state index is 0.487. The molecule has 21 heavy (non-hydrogen) atoms. The van der Waals surface area contributed by atoms with E-state index in [1.165, 1.54) is 0 Å². The average molecular weight is 283 g/mol. The van der Waals surface area contributed by atoms with Gasteiger partial charge in [-0.3, -0.25) is 0 Å². The molecule has 0 aliphatic heterocycles. The van der Waals surface area contributed by atoms with Crippen molar-refractivity contribution in [2.75, 3.05) is 18.5 Å². The van der Waals surface area contributed by atoms with Crippen LogP contribution in [0.2, 0.25) is 0 Å². The summed E-state index contributed by atoms with van der Waals surface area (Å²) in [6, 6.07) is 12.0. The SMILES string of the molecule is CCNc1cc(OC/C=C/c2ccccc2)nc(CC)n1. The highest BCUT2D eigenvalue weighted by molar-refractivity contribution is 5.48. The normalized spacial score (nSPS) is 10.8. The third kappa shape index (κ3) is 4.91. The van der Waals surface area contributed by atoms with Crippen LogP contribution in [-0.4, -0.2) is 23.1 Å². The molecule has 0 atom stereocenters. The summed E-state index contributed by atoms with van der Waals surface area (Å²) in [6.07, 6.45) is 4.80. The maximum Gasteiger partial charge on any atom is 0.219 e. The molecule has 1 aromatic carbocycles. The standard InChI is InChI=1S/C17H21N3O/c1-3-15-19-16(18-4-2)13-17(20-15)21-12-8-11-14-9-6-5-7-10-14/h5-11,13H,3-4,12H2,1-2H3,(H,18,19,20)/b11-8+. The van der Waals surface area contributed by atoms with E-state index < -0.39 is 0 Å². The minimum Gasteiger partial charge on any atom is -0.473 e. The summed E-state index contributed by atoms with van der Waals surface area (Å²) in [4.78, 5) is 8.77. The second-order valence-electron chi connectivity index (χ2n) is 4.52. The molecule has 0 aliphatic carbocycles. The van der Waals surface area contributed by atoms with Crippen LogP contribution in [-0.2, 0) is 6.42 Å². The van der Waals surface area contributed by atoms with Crippen molar-refractivity contribution in [3.8, 4) is 5.88 Å². The van der Waals surface area contributed by atoms with Gasteiger partial charge in [-0.1, -0.05) is 43.3 Å². The summed E-state index contributed by atoms with van der Waals surface area (Å²) in [5.41, 5.74) is 1.16. The fourth-order valence-corrected chi connectivity index (χ4v) is 1.86. The number of rotatable bonds is 7. The van der Waals surface area contributed by atoms with Crippen molar-refractivity contribution >= 4 is 11.9 Å². The predicted molar refractivity (Wildman–Crippen MR) is 86.5 cm³/mol. The molecule has 4 heteroatoms. The van der Waals surface area contributed by atoms with Crippen LogP contribution in [0.15, 0.2) is 42.5 Å². The Labute approximate surface area is 125 Å². The van der Waals surface area contributed by atoms with E-state index >= 15 is 0 Å². The molecule has 0 bridgehead atoms. The highest BCUT2D eigenvalue weighted by atomic mass is 16.5. The molecule has 0 fully saturated rings. The fraction of sp³-hybridized carbons (Fsp3) is 0.294. The lowest BCUT2D eigenvalue weighted by Gasteiger charge is -2.08. The maximum absolute atomic E-state index is 5.68. The first-order valence-electron chi connectivity index (χ1n) is 7.28. The molecule has 0 saturated heterocycles. The van der Waals surface area contributed by atoms with Crippen molar-refractivity contribution in [3.05, 3.63) is 53.9 Å². The Hall–Kier alpha value is -2.36. The smallest absolute Gasteiger partial charge is 0.219 e. The lowest BCUT2D eigenvalue weighted by molar-refractivity contribution is 0.347. The fourth-order valence-electron chi connectivity index (χ4n) is 1.86. The van der Waals surface area contributed by atoms with Gasteiger partial charge in [0.05, 0.1) is 0 Å². The van der Waals surface area contributed by atoms with Crippen LogP contribution in [0, 0.1) is 0 Å². The van der Waals surface area contributed by atoms with E-state index in [1.807, 2.05) is 50.3 Å². The number of aromatic nitrogens is 2. The first-order valence-corrected chi connectivity index (χ1v) is 7.28. The Bertz CT molecular complexity index is 582. The van der Waals surface area contributed by atoms with Crippen molar-refractivity contribution in [2.24, 2.45) is 0 Å². The summed E-state index contributed by atoms with van der Waals surface area (Å²) in [5, 5.41) is 3.19. The summed E-state index contributed by atoms with van der Waals surface area (Å²) in [6.45, 7) is 5.38. The van der Waals surface area contributed by atoms with Gasteiger partial charge in [0.1, 0.15) is 18.2 Å². The predicted octanol–water partition coefficient (Wildman–Crippen LogP) is 3.56. The van der Waals surface area contributed by atoms with Crippen molar-refractivity contribution in [1.82, 2.24) is 9.97 Å². The van der Waals surface area contributed by atoms with Gasteiger partial charge in [0.25, 0.3) is 0 Å². The van der Waals surface area contributed by atoms with Crippen LogP contribution >= 0.6 is 0 Å². The number of nitrogens with one attached hydrogen (secondary N) is 1. The molecule has 110 valence electrons. The van der Waals surface area contributed by atoms with Gasteiger partial charge < -0.3 is 10.1 Å². The molecule has 0 spiro atoms. The highest BCUT2D eigenvalue weighted by Gasteiger charge is 2.03. The first kappa shape index (κ1) is 15.0. The van der Waals surface area contributed by atoms with Crippen LogP contribution < -0.4 is 10.1 Å².